The van der Waals surface area contributed by atoms with Crippen LogP contribution in [0.4, 0.5) is 13.2 Å². The van der Waals surface area contributed by atoms with Crippen molar-refractivity contribution in [3.63, 3.8) is 0 Å². The summed E-state index contributed by atoms with van der Waals surface area (Å²) in [5.41, 5.74) is 7.59. The second kappa shape index (κ2) is 13.7. The third-order valence-corrected chi connectivity index (χ3v) is 6.84. The summed E-state index contributed by atoms with van der Waals surface area (Å²) in [5.74, 6) is -2.66. The number of amides is 1. The second-order valence-electron chi connectivity index (χ2n) is 9.49. The van der Waals surface area contributed by atoms with Gasteiger partial charge in [-0.15, -0.1) is 0 Å². The minimum Gasteiger partial charge on any atom is -0.368 e. The number of nitrogens with zero attached hydrogens (tertiary/aromatic N) is 2. The number of rotatable bonds is 11. The van der Waals surface area contributed by atoms with Crippen molar-refractivity contribution < 1.29 is 18.0 Å². The SMILES string of the molecule is C=C(CNC)N1C2CCC1CC(C(N)Cc1cc(F)c(F)cc1F)C2.CCCN(C=O)CCC. The molecule has 0 spiro atoms. The van der Waals surface area contributed by atoms with E-state index in [1.54, 1.807) is 4.90 Å². The predicted molar refractivity (Wildman–Crippen MR) is 131 cm³/mol. The van der Waals surface area contributed by atoms with Gasteiger partial charge in [-0.2, -0.15) is 0 Å². The summed E-state index contributed by atoms with van der Waals surface area (Å²) >= 11 is 0. The molecular weight excluding hydrogens is 441 g/mol. The quantitative estimate of drug-likeness (QED) is 0.366. The molecule has 2 aliphatic heterocycles. The lowest BCUT2D eigenvalue weighted by molar-refractivity contribution is -0.118. The lowest BCUT2D eigenvalue weighted by Crippen LogP contribution is -2.48. The highest BCUT2D eigenvalue weighted by Gasteiger charge is 2.42. The first-order valence-corrected chi connectivity index (χ1v) is 12.4. The zero-order valence-corrected chi connectivity index (χ0v) is 20.8. The van der Waals surface area contributed by atoms with Crippen LogP contribution in [0, 0.1) is 23.4 Å². The van der Waals surface area contributed by atoms with Gasteiger partial charge >= 0.3 is 0 Å². The van der Waals surface area contributed by atoms with E-state index >= 15 is 0 Å². The molecule has 0 radical (unpaired) electrons. The van der Waals surface area contributed by atoms with Crippen LogP contribution in [-0.4, -0.2) is 61.0 Å². The molecule has 3 N–H and O–H groups in total. The van der Waals surface area contributed by atoms with Gasteiger partial charge in [0.05, 0.1) is 0 Å². The number of halogens is 3. The van der Waals surface area contributed by atoms with Crippen molar-refractivity contribution in [1.29, 1.82) is 0 Å². The van der Waals surface area contributed by atoms with E-state index in [0.717, 1.165) is 76.3 Å². The number of nitrogens with one attached hydrogen (secondary N) is 1. The summed E-state index contributed by atoms with van der Waals surface area (Å²) in [6, 6.07) is 2.12. The van der Waals surface area contributed by atoms with Crippen LogP contribution in [0.2, 0.25) is 0 Å². The van der Waals surface area contributed by atoms with Crippen molar-refractivity contribution in [3.8, 4) is 0 Å². The lowest BCUT2D eigenvalue weighted by Gasteiger charge is -2.43. The van der Waals surface area contributed by atoms with E-state index in [9.17, 15) is 18.0 Å². The Balaban J connectivity index is 0.000000387. The van der Waals surface area contributed by atoms with Gasteiger partial charge in [-0.05, 0) is 69.5 Å². The van der Waals surface area contributed by atoms with Crippen LogP contribution >= 0.6 is 0 Å². The zero-order chi connectivity index (χ0) is 25.3. The van der Waals surface area contributed by atoms with Crippen LogP contribution in [0.25, 0.3) is 0 Å². The smallest absolute Gasteiger partial charge is 0.209 e. The number of hydrogen-bond acceptors (Lipinski definition) is 4. The molecule has 2 bridgehead atoms. The monoisotopic (exact) mass is 482 g/mol. The van der Waals surface area contributed by atoms with E-state index in [0.29, 0.717) is 18.2 Å². The van der Waals surface area contributed by atoms with Gasteiger partial charge in [0.1, 0.15) is 5.82 Å². The maximum Gasteiger partial charge on any atom is 0.209 e. The van der Waals surface area contributed by atoms with Gasteiger partial charge in [-0.25, -0.2) is 13.2 Å². The third-order valence-electron chi connectivity index (χ3n) is 6.84. The fourth-order valence-electron chi connectivity index (χ4n) is 5.31. The summed E-state index contributed by atoms with van der Waals surface area (Å²) in [4.78, 5) is 14.4. The Kier molecular flexibility index (Phi) is 11.4. The summed E-state index contributed by atoms with van der Waals surface area (Å²) in [5, 5.41) is 3.14. The van der Waals surface area contributed by atoms with Crippen molar-refractivity contribution in [2.75, 3.05) is 26.7 Å². The molecule has 2 fully saturated rings. The van der Waals surface area contributed by atoms with E-state index in [-0.39, 0.29) is 23.9 Å². The maximum atomic E-state index is 13.9. The van der Waals surface area contributed by atoms with Crippen molar-refractivity contribution in [2.24, 2.45) is 11.7 Å². The fourth-order valence-corrected chi connectivity index (χ4v) is 5.31. The van der Waals surface area contributed by atoms with Crippen LogP contribution in [0.15, 0.2) is 24.4 Å². The van der Waals surface area contributed by atoms with Crippen molar-refractivity contribution in [2.45, 2.75) is 76.9 Å². The maximum absolute atomic E-state index is 13.9. The molecule has 1 aromatic carbocycles. The summed E-state index contributed by atoms with van der Waals surface area (Å²) in [6.45, 7) is 10.9. The largest absolute Gasteiger partial charge is 0.368 e. The van der Waals surface area contributed by atoms with E-state index in [2.05, 4.69) is 30.6 Å². The first-order valence-electron chi connectivity index (χ1n) is 12.4. The Morgan fingerprint density at radius 1 is 1.15 bits per heavy atom. The molecule has 2 heterocycles. The average molecular weight is 483 g/mol. The Morgan fingerprint density at radius 3 is 2.21 bits per heavy atom. The molecule has 3 atom stereocenters. The number of nitrogens with two attached hydrogens (primary N) is 1. The van der Waals surface area contributed by atoms with Crippen molar-refractivity contribution >= 4 is 6.41 Å². The van der Waals surface area contributed by atoms with E-state index in [1.165, 1.54) is 0 Å². The minimum atomic E-state index is -1.16. The Labute approximate surface area is 202 Å². The molecule has 1 aromatic rings. The number of likely N-dealkylation sites (N-methyl/N-ethyl adjacent to an activating group) is 1. The number of benzene rings is 1. The number of piperidine rings is 1. The number of hydrogen-bond donors (Lipinski definition) is 2. The van der Waals surface area contributed by atoms with E-state index < -0.39 is 17.5 Å². The van der Waals surface area contributed by atoms with Gasteiger partial charge in [0, 0.05) is 49.5 Å². The molecule has 34 heavy (non-hydrogen) atoms. The molecule has 0 saturated carbocycles. The molecule has 5 nitrogen and oxygen atoms in total. The Hall–Kier alpha value is -2.06. The van der Waals surface area contributed by atoms with Gasteiger partial charge in [0.25, 0.3) is 0 Å². The van der Waals surface area contributed by atoms with Crippen LogP contribution in [-0.2, 0) is 11.2 Å². The minimum absolute atomic E-state index is 0.153. The van der Waals surface area contributed by atoms with Crippen LogP contribution in [0.1, 0.15) is 57.9 Å². The van der Waals surface area contributed by atoms with E-state index in [1.807, 2.05) is 7.05 Å². The molecule has 0 aromatic heterocycles. The Bertz CT molecular complexity index is 786. The second-order valence-corrected chi connectivity index (χ2v) is 9.49. The van der Waals surface area contributed by atoms with Gasteiger partial charge in [0.15, 0.2) is 11.6 Å². The number of carbonyl (C=O) groups is 1. The number of carbonyl (C=O) groups excluding carboxylic acids is 1. The topological polar surface area (TPSA) is 61.6 Å². The highest BCUT2D eigenvalue weighted by atomic mass is 19.2. The fraction of sp³-hybridized carbons (Fsp3) is 0.654. The van der Waals surface area contributed by atoms with Gasteiger partial charge in [0.2, 0.25) is 6.41 Å². The normalized spacial score (nSPS) is 22.1. The average Bonchev–Trinajstić information content (AvgIpc) is 3.07. The highest BCUT2D eigenvalue weighted by Crippen LogP contribution is 2.41. The van der Waals surface area contributed by atoms with Gasteiger partial charge < -0.3 is 20.9 Å². The summed E-state index contributed by atoms with van der Waals surface area (Å²) in [6.07, 6.45) is 7.37. The van der Waals surface area contributed by atoms with Crippen molar-refractivity contribution in [1.82, 2.24) is 15.1 Å². The van der Waals surface area contributed by atoms with Crippen LogP contribution < -0.4 is 11.1 Å². The Morgan fingerprint density at radius 2 is 1.71 bits per heavy atom. The molecule has 3 rings (SSSR count). The first-order chi connectivity index (χ1) is 16.2. The molecule has 1 amide bonds. The summed E-state index contributed by atoms with van der Waals surface area (Å²) in [7, 11) is 1.91. The highest BCUT2D eigenvalue weighted by molar-refractivity contribution is 5.46. The van der Waals surface area contributed by atoms with E-state index in [4.69, 9.17) is 5.73 Å². The van der Waals surface area contributed by atoms with Crippen LogP contribution in [0.5, 0.6) is 0 Å². The van der Waals surface area contributed by atoms with Gasteiger partial charge in [-0.3, -0.25) is 4.79 Å². The molecular formula is C26H41F3N4O. The molecule has 0 aliphatic carbocycles. The molecule has 2 aliphatic rings. The molecule has 3 unspecified atom stereocenters. The zero-order valence-electron chi connectivity index (χ0n) is 20.8. The van der Waals surface area contributed by atoms with Crippen LogP contribution in [0.3, 0.4) is 0 Å². The third kappa shape index (κ3) is 7.47. The van der Waals surface area contributed by atoms with Crippen molar-refractivity contribution in [3.05, 3.63) is 47.4 Å². The number of fused-ring (bicyclic) bond motifs is 2. The predicted octanol–water partition coefficient (Wildman–Crippen LogP) is 4.21. The molecule has 192 valence electrons. The summed E-state index contributed by atoms with van der Waals surface area (Å²) < 4.78 is 40.4. The first kappa shape index (κ1) is 28.2. The van der Waals surface area contributed by atoms with Gasteiger partial charge in [-0.1, -0.05) is 20.4 Å². The standard InChI is InChI=1S/C19H26F3N3.C7H15NO/c1-11(10-24-2)25-14-3-4-15(25)6-13(5-14)19(23)8-12-7-17(21)18(22)9-16(12)20;1-3-5-8(7-9)6-4-2/h7,9,13-15,19,24H,1,3-6,8,10,23H2,2H3;7H,3-6H2,1-2H3. The lowest BCUT2D eigenvalue weighted by atomic mass is 9.82. The molecule has 2 saturated heterocycles. The molecule has 8 heteroatoms.